The fourth-order valence-electron chi connectivity index (χ4n) is 1.62. The van der Waals surface area contributed by atoms with Gasteiger partial charge in [0.2, 0.25) is 5.91 Å². The van der Waals surface area contributed by atoms with Crippen molar-refractivity contribution in [3.8, 4) is 6.07 Å². The average molecular weight is 362 g/mol. The van der Waals surface area contributed by atoms with Gasteiger partial charge in [-0.05, 0) is 40.2 Å². The number of thioether (sulfide) groups is 1. The molecule has 0 aliphatic rings. The maximum absolute atomic E-state index is 11.9. The molecule has 0 unspecified atom stereocenters. The van der Waals surface area contributed by atoms with Crippen molar-refractivity contribution in [1.29, 1.82) is 5.26 Å². The second-order valence-corrected chi connectivity index (χ2v) is 6.03. The van der Waals surface area contributed by atoms with E-state index in [-0.39, 0.29) is 5.91 Å². The number of pyridine rings is 1. The van der Waals surface area contributed by atoms with Gasteiger partial charge in [-0.3, -0.25) is 4.79 Å². The highest BCUT2D eigenvalue weighted by atomic mass is 79.9. The number of halogens is 1. The molecule has 2 rings (SSSR count). The summed E-state index contributed by atoms with van der Waals surface area (Å²) in [5.74, 6) is 0.508. The van der Waals surface area contributed by atoms with Crippen LogP contribution in [0.1, 0.15) is 12.0 Å². The number of nitrogens with zero attached hydrogens (tertiary/aromatic N) is 2. The molecule has 1 aromatic heterocycles. The van der Waals surface area contributed by atoms with Crippen LogP contribution in [0.3, 0.4) is 0 Å². The number of carbonyl (C=O) groups is 1. The van der Waals surface area contributed by atoms with E-state index < -0.39 is 0 Å². The minimum absolute atomic E-state index is 0.114. The van der Waals surface area contributed by atoms with Gasteiger partial charge in [0.1, 0.15) is 11.1 Å². The third-order valence-corrected chi connectivity index (χ3v) is 4.52. The predicted molar refractivity (Wildman–Crippen MR) is 87.1 cm³/mol. The lowest BCUT2D eigenvalue weighted by molar-refractivity contribution is -0.115. The zero-order valence-electron chi connectivity index (χ0n) is 11.0. The van der Waals surface area contributed by atoms with E-state index >= 15 is 0 Å². The molecule has 0 radical (unpaired) electrons. The van der Waals surface area contributed by atoms with Crippen LogP contribution in [0.15, 0.2) is 52.1 Å². The monoisotopic (exact) mass is 361 g/mol. The van der Waals surface area contributed by atoms with E-state index in [1.54, 1.807) is 30.5 Å². The van der Waals surface area contributed by atoms with E-state index in [4.69, 9.17) is 5.26 Å². The highest BCUT2D eigenvalue weighted by Crippen LogP contribution is 2.25. The summed E-state index contributed by atoms with van der Waals surface area (Å²) in [6, 6.07) is 12.8. The average Bonchev–Trinajstić information content (AvgIpc) is 2.50. The van der Waals surface area contributed by atoms with Crippen molar-refractivity contribution in [2.75, 3.05) is 11.1 Å². The SMILES string of the molecule is N#Cc1ccccc1NC(=O)CCSc1ncccc1Br. The van der Waals surface area contributed by atoms with E-state index in [0.29, 0.717) is 23.4 Å². The highest BCUT2D eigenvalue weighted by Gasteiger charge is 2.07. The smallest absolute Gasteiger partial charge is 0.225 e. The Morgan fingerprint density at radius 1 is 1.33 bits per heavy atom. The van der Waals surface area contributed by atoms with E-state index in [9.17, 15) is 4.79 Å². The van der Waals surface area contributed by atoms with Gasteiger partial charge in [0.25, 0.3) is 0 Å². The minimum atomic E-state index is -0.114. The summed E-state index contributed by atoms with van der Waals surface area (Å²) >= 11 is 4.93. The quantitative estimate of drug-likeness (QED) is 0.821. The van der Waals surface area contributed by atoms with Crippen LogP contribution in [0, 0.1) is 11.3 Å². The summed E-state index contributed by atoms with van der Waals surface area (Å²) in [6.07, 6.45) is 2.07. The van der Waals surface area contributed by atoms with Gasteiger partial charge in [-0.2, -0.15) is 5.26 Å². The Kier molecular flexibility index (Phi) is 5.78. The van der Waals surface area contributed by atoms with Gasteiger partial charge in [-0.1, -0.05) is 12.1 Å². The molecule has 21 heavy (non-hydrogen) atoms. The lowest BCUT2D eigenvalue weighted by Gasteiger charge is -2.07. The molecule has 1 heterocycles. The number of nitrogens with one attached hydrogen (secondary N) is 1. The van der Waals surface area contributed by atoms with Crippen molar-refractivity contribution in [2.24, 2.45) is 0 Å². The van der Waals surface area contributed by atoms with Crippen LogP contribution in [-0.4, -0.2) is 16.6 Å². The molecule has 1 amide bonds. The summed E-state index contributed by atoms with van der Waals surface area (Å²) in [5.41, 5.74) is 1.01. The predicted octanol–water partition coefficient (Wildman–Crippen LogP) is 3.84. The number of hydrogen-bond donors (Lipinski definition) is 1. The third kappa shape index (κ3) is 4.59. The highest BCUT2D eigenvalue weighted by molar-refractivity contribution is 9.10. The molecule has 0 atom stereocenters. The number of aromatic nitrogens is 1. The number of carbonyl (C=O) groups excluding carboxylic acids is 1. The number of hydrogen-bond acceptors (Lipinski definition) is 4. The molecule has 2 aromatic rings. The molecule has 0 saturated heterocycles. The second kappa shape index (κ2) is 7.81. The molecule has 6 heteroatoms. The van der Waals surface area contributed by atoms with Crippen LogP contribution in [0.4, 0.5) is 5.69 Å². The van der Waals surface area contributed by atoms with E-state index in [2.05, 4.69) is 32.3 Å². The molecule has 1 N–H and O–H groups in total. The van der Waals surface area contributed by atoms with Crippen molar-refractivity contribution in [3.05, 3.63) is 52.6 Å². The lowest BCUT2D eigenvalue weighted by atomic mass is 10.2. The van der Waals surface area contributed by atoms with Crippen molar-refractivity contribution >= 4 is 39.3 Å². The van der Waals surface area contributed by atoms with Crippen LogP contribution in [-0.2, 0) is 4.79 Å². The van der Waals surface area contributed by atoms with Crippen LogP contribution in [0.25, 0.3) is 0 Å². The van der Waals surface area contributed by atoms with Gasteiger partial charge in [0.15, 0.2) is 0 Å². The number of amides is 1. The van der Waals surface area contributed by atoms with Gasteiger partial charge in [0, 0.05) is 22.8 Å². The summed E-state index contributed by atoms with van der Waals surface area (Å²) < 4.78 is 0.922. The number of rotatable bonds is 5. The van der Waals surface area contributed by atoms with Crippen molar-refractivity contribution < 1.29 is 4.79 Å². The summed E-state index contributed by atoms with van der Waals surface area (Å²) in [5, 5.41) is 12.6. The Morgan fingerprint density at radius 2 is 2.14 bits per heavy atom. The molecular weight excluding hydrogens is 350 g/mol. The zero-order chi connectivity index (χ0) is 15.1. The third-order valence-electron chi connectivity index (χ3n) is 2.61. The Bertz CT molecular complexity index is 685. The first-order valence-corrected chi connectivity index (χ1v) is 8.01. The first kappa shape index (κ1) is 15.5. The maximum Gasteiger partial charge on any atom is 0.225 e. The molecule has 0 spiro atoms. The summed E-state index contributed by atoms with van der Waals surface area (Å²) in [7, 11) is 0. The number of nitriles is 1. The van der Waals surface area contributed by atoms with E-state index in [1.807, 2.05) is 12.1 Å². The van der Waals surface area contributed by atoms with Crippen LogP contribution < -0.4 is 5.32 Å². The topological polar surface area (TPSA) is 65.8 Å². The van der Waals surface area contributed by atoms with Crippen molar-refractivity contribution in [3.63, 3.8) is 0 Å². The van der Waals surface area contributed by atoms with Gasteiger partial charge in [0.05, 0.1) is 11.3 Å². The Balaban J connectivity index is 1.86. The molecule has 1 aromatic carbocycles. The molecule has 0 bridgehead atoms. The number of benzene rings is 1. The number of anilines is 1. The molecule has 0 aliphatic heterocycles. The molecule has 4 nitrogen and oxygen atoms in total. The fraction of sp³-hybridized carbons (Fsp3) is 0.133. The Hall–Kier alpha value is -1.84. The maximum atomic E-state index is 11.9. The van der Waals surface area contributed by atoms with Gasteiger partial charge >= 0.3 is 0 Å². The molecular formula is C15H12BrN3OS. The number of para-hydroxylation sites is 1. The summed E-state index contributed by atoms with van der Waals surface area (Å²) in [4.78, 5) is 16.1. The largest absolute Gasteiger partial charge is 0.325 e. The first-order valence-electron chi connectivity index (χ1n) is 6.23. The molecule has 106 valence electrons. The van der Waals surface area contributed by atoms with Crippen LogP contribution in [0.2, 0.25) is 0 Å². The van der Waals surface area contributed by atoms with E-state index in [1.165, 1.54) is 11.8 Å². The first-order chi connectivity index (χ1) is 10.2. The molecule has 0 aliphatic carbocycles. The Morgan fingerprint density at radius 3 is 2.90 bits per heavy atom. The van der Waals surface area contributed by atoms with Gasteiger partial charge in [-0.15, -0.1) is 11.8 Å². The normalized spacial score (nSPS) is 9.90. The van der Waals surface area contributed by atoms with Crippen LogP contribution >= 0.6 is 27.7 Å². The molecule has 0 fully saturated rings. The Labute approximate surface area is 135 Å². The van der Waals surface area contributed by atoms with Crippen molar-refractivity contribution in [2.45, 2.75) is 11.4 Å². The van der Waals surface area contributed by atoms with Crippen molar-refractivity contribution in [1.82, 2.24) is 4.98 Å². The van der Waals surface area contributed by atoms with E-state index in [0.717, 1.165) is 9.50 Å². The minimum Gasteiger partial charge on any atom is -0.325 e. The molecule has 0 saturated carbocycles. The zero-order valence-corrected chi connectivity index (χ0v) is 13.4. The lowest BCUT2D eigenvalue weighted by Crippen LogP contribution is -2.13. The second-order valence-electron chi connectivity index (χ2n) is 4.09. The fourth-order valence-corrected chi connectivity index (χ4v) is 3.04. The van der Waals surface area contributed by atoms with Gasteiger partial charge in [-0.25, -0.2) is 4.98 Å². The van der Waals surface area contributed by atoms with Crippen LogP contribution in [0.5, 0.6) is 0 Å². The summed E-state index contributed by atoms with van der Waals surface area (Å²) in [6.45, 7) is 0. The van der Waals surface area contributed by atoms with Gasteiger partial charge < -0.3 is 5.32 Å². The standard InChI is InChI=1S/C15H12BrN3OS/c16-12-5-3-8-18-15(12)21-9-7-14(20)19-13-6-2-1-4-11(13)10-17/h1-6,8H,7,9H2,(H,19,20).